The highest BCUT2D eigenvalue weighted by Crippen LogP contribution is 2.13. The fourth-order valence-corrected chi connectivity index (χ4v) is 3.58. The van der Waals surface area contributed by atoms with Crippen LogP contribution < -0.4 is 0 Å². The van der Waals surface area contributed by atoms with Crippen molar-refractivity contribution < 1.29 is 19.1 Å². The van der Waals surface area contributed by atoms with Gasteiger partial charge in [-0.05, 0) is 12.8 Å². The van der Waals surface area contributed by atoms with Gasteiger partial charge in [-0.1, -0.05) is 123 Å². The SMILES string of the molecule is CCCCCCCCCCCCCCCCCOC(=O)/C=C/C(=O)OCCCCCC. The van der Waals surface area contributed by atoms with Crippen LogP contribution in [-0.4, -0.2) is 25.2 Å². The molecule has 4 heteroatoms. The average molecular weight is 439 g/mol. The predicted molar refractivity (Wildman–Crippen MR) is 130 cm³/mol. The molecule has 0 bridgehead atoms. The van der Waals surface area contributed by atoms with Crippen LogP contribution in [0.15, 0.2) is 12.2 Å². The van der Waals surface area contributed by atoms with E-state index in [2.05, 4.69) is 13.8 Å². The van der Waals surface area contributed by atoms with Crippen molar-refractivity contribution in [1.82, 2.24) is 0 Å². The molecule has 0 aliphatic heterocycles. The smallest absolute Gasteiger partial charge is 0.331 e. The van der Waals surface area contributed by atoms with Crippen molar-refractivity contribution in [2.24, 2.45) is 0 Å². The van der Waals surface area contributed by atoms with Gasteiger partial charge in [0.1, 0.15) is 0 Å². The van der Waals surface area contributed by atoms with E-state index in [1.54, 1.807) is 0 Å². The van der Waals surface area contributed by atoms with Gasteiger partial charge in [0.15, 0.2) is 0 Å². The molecule has 0 amide bonds. The lowest BCUT2D eigenvalue weighted by Gasteiger charge is -2.04. The molecule has 0 fully saturated rings. The number of rotatable bonds is 23. The van der Waals surface area contributed by atoms with Gasteiger partial charge in [0.05, 0.1) is 13.2 Å². The number of hydrogen-bond acceptors (Lipinski definition) is 4. The highest BCUT2D eigenvalue weighted by Gasteiger charge is 2.01. The van der Waals surface area contributed by atoms with Crippen LogP contribution in [0.25, 0.3) is 0 Å². The average Bonchev–Trinajstić information content (AvgIpc) is 2.77. The molecule has 0 aromatic rings. The Kier molecular flexibility index (Phi) is 23.9. The molecule has 0 aromatic carbocycles. The van der Waals surface area contributed by atoms with Gasteiger partial charge in [-0.3, -0.25) is 0 Å². The summed E-state index contributed by atoms with van der Waals surface area (Å²) in [6.45, 7) is 5.25. The van der Waals surface area contributed by atoms with E-state index in [4.69, 9.17) is 9.47 Å². The molecule has 0 aliphatic rings. The van der Waals surface area contributed by atoms with Gasteiger partial charge in [0.2, 0.25) is 0 Å². The van der Waals surface area contributed by atoms with Gasteiger partial charge in [-0.25, -0.2) is 9.59 Å². The first kappa shape index (κ1) is 29.7. The van der Waals surface area contributed by atoms with Crippen LogP contribution in [0.4, 0.5) is 0 Å². The molecule has 0 heterocycles. The van der Waals surface area contributed by atoms with Crippen molar-refractivity contribution in [2.75, 3.05) is 13.2 Å². The zero-order chi connectivity index (χ0) is 22.8. The number of carbonyl (C=O) groups is 2. The number of esters is 2. The van der Waals surface area contributed by atoms with E-state index >= 15 is 0 Å². The molecule has 0 N–H and O–H groups in total. The third kappa shape index (κ3) is 24.8. The van der Waals surface area contributed by atoms with Crippen LogP contribution in [0.3, 0.4) is 0 Å². The second-order valence-corrected chi connectivity index (χ2v) is 8.68. The summed E-state index contributed by atoms with van der Waals surface area (Å²) in [7, 11) is 0. The second kappa shape index (κ2) is 24.9. The molecule has 4 nitrogen and oxygen atoms in total. The lowest BCUT2D eigenvalue weighted by molar-refractivity contribution is -0.140. The lowest BCUT2D eigenvalue weighted by Crippen LogP contribution is -2.06. The fourth-order valence-electron chi connectivity index (χ4n) is 3.58. The van der Waals surface area contributed by atoms with Crippen molar-refractivity contribution in [1.29, 1.82) is 0 Å². The molecular weight excluding hydrogens is 388 g/mol. The minimum atomic E-state index is -0.472. The van der Waals surface area contributed by atoms with E-state index in [1.165, 1.54) is 89.5 Å². The zero-order valence-electron chi connectivity index (χ0n) is 20.6. The number of hydrogen-bond donors (Lipinski definition) is 0. The topological polar surface area (TPSA) is 52.6 Å². The molecule has 0 spiro atoms. The summed E-state index contributed by atoms with van der Waals surface area (Å²) in [6.07, 6.45) is 26.3. The third-order valence-corrected chi connectivity index (χ3v) is 5.59. The molecule has 0 saturated carbocycles. The molecule has 0 radical (unpaired) electrons. The summed E-state index contributed by atoms with van der Waals surface area (Å²) < 4.78 is 10.2. The highest BCUT2D eigenvalue weighted by atomic mass is 16.5. The predicted octanol–water partition coefficient (Wildman–Crippen LogP) is 8.08. The fraction of sp³-hybridized carbons (Fsp3) is 0.852. The number of unbranched alkanes of at least 4 members (excludes halogenated alkanes) is 17. The Labute approximate surface area is 192 Å². The summed E-state index contributed by atoms with van der Waals surface area (Å²) in [5, 5.41) is 0. The molecule has 0 atom stereocenters. The Morgan fingerprint density at radius 1 is 0.452 bits per heavy atom. The van der Waals surface area contributed by atoms with Gasteiger partial charge in [0, 0.05) is 12.2 Å². The van der Waals surface area contributed by atoms with E-state index in [9.17, 15) is 9.59 Å². The van der Waals surface area contributed by atoms with Crippen molar-refractivity contribution in [3.8, 4) is 0 Å². The molecule has 0 unspecified atom stereocenters. The maximum absolute atomic E-state index is 11.6. The van der Waals surface area contributed by atoms with E-state index in [1.807, 2.05) is 0 Å². The van der Waals surface area contributed by atoms with E-state index in [0.717, 1.165) is 44.6 Å². The van der Waals surface area contributed by atoms with E-state index in [0.29, 0.717) is 13.2 Å². The summed E-state index contributed by atoms with van der Waals surface area (Å²) >= 11 is 0. The van der Waals surface area contributed by atoms with Crippen molar-refractivity contribution in [3.63, 3.8) is 0 Å². The molecule has 0 saturated heterocycles. The number of carbonyl (C=O) groups excluding carboxylic acids is 2. The first-order valence-corrected chi connectivity index (χ1v) is 13.2. The van der Waals surface area contributed by atoms with Crippen molar-refractivity contribution >= 4 is 11.9 Å². The standard InChI is InChI=1S/C27H50O4/c1-3-5-7-9-10-11-12-13-14-15-16-17-18-19-21-25-31-27(29)23-22-26(28)30-24-20-8-6-4-2/h22-23H,3-21,24-25H2,1-2H3/b23-22+. The van der Waals surface area contributed by atoms with E-state index in [-0.39, 0.29) is 0 Å². The van der Waals surface area contributed by atoms with E-state index < -0.39 is 11.9 Å². The Hall–Kier alpha value is -1.32. The number of ether oxygens (including phenoxy) is 2. The minimum Gasteiger partial charge on any atom is -0.463 e. The molecule has 0 aliphatic carbocycles. The Morgan fingerprint density at radius 2 is 0.710 bits per heavy atom. The summed E-state index contributed by atoms with van der Waals surface area (Å²) in [4.78, 5) is 23.1. The van der Waals surface area contributed by atoms with Gasteiger partial charge in [0.25, 0.3) is 0 Å². The first-order valence-electron chi connectivity index (χ1n) is 13.2. The van der Waals surface area contributed by atoms with Crippen LogP contribution >= 0.6 is 0 Å². The minimum absolute atomic E-state index is 0.414. The van der Waals surface area contributed by atoms with Gasteiger partial charge < -0.3 is 9.47 Å². The summed E-state index contributed by atoms with van der Waals surface area (Å²) in [6, 6.07) is 0. The normalized spacial score (nSPS) is 11.2. The maximum Gasteiger partial charge on any atom is 0.331 e. The Bertz CT molecular complexity index is 431. The van der Waals surface area contributed by atoms with Gasteiger partial charge >= 0.3 is 11.9 Å². The molecule has 31 heavy (non-hydrogen) atoms. The molecule has 0 rings (SSSR count). The quantitative estimate of drug-likeness (QED) is 0.0919. The van der Waals surface area contributed by atoms with Crippen LogP contribution in [0.5, 0.6) is 0 Å². The van der Waals surface area contributed by atoms with Crippen LogP contribution in [0.2, 0.25) is 0 Å². The lowest BCUT2D eigenvalue weighted by atomic mass is 10.0. The third-order valence-electron chi connectivity index (χ3n) is 5.59. The van der Waals surface area contributed by atoms with Crippen molar-refractivity contribution in [2.45, 2.75) is 136 Å². The van der Waals surface area contributed by atoms with Crippen LogP contribution in [0, 0.1) is 0 Å². The molecular formula is C27H50O4. The highest BCUT2D eigenvalue weighted by molar-refractivity contribution is 5.91. The maximum atomic E-state index is 11.6. The van der Waals surface area contributed by atoms with Crippen LogP contribution in [-0.2, 0) is 19.1 Å². The Morgan fingerprint density at radius 3 is 1.03 bits per heavy atom. The van der Waals surface area contributed by atoms with Gasteiger partial charge in [-0.2, -0.15) is 0 Å². The first-order chi connectivity index (χ1) is 15.2. The van der Waals surface area contributed by atoms with Crippen molar-refractivity contribution in [3.05, 3.63) is 12.2 Å². The largest absolute Gasteiger partial charge is 0.463 e. The summed E-state index contributed by atoms with van der Waals surface area (Å²) in [5.41, 5.74) is 0. The summed E-state index contributed by atoms with van der Waals surface area (Å²) in [5.74, 6) is -0.936. The second-order valence-electron chi connectivity index (χ2n) is 8.68. The molecule has 0 aromatic heterocycles. The Balaban J connectivity index is 3.32. The van der Waals surface area contributed by atoms with Crippen LogP contribution in [0.1, 0.15) is 136 Å². The van der Waals surface area contributed by atoms with Gasteiger partial charge in [-0.15, -0.1) is 0 Å². The zero-order valence-corrected chi connectivity index (χ0v) is 20.6. The monoisotopic (exact) mass is 438 g/mol. The molecule has 182 valence electrons.